The smallest absolute Gasteiger partial charge is 0.198 e. The molecule has 1 aliphatic heterocycles. The molecular weight excluding hydrogens is 473 g/mol. The predicted molar refractivity (Wildman–Crippen MR) is 123 cm³/mol. The van der Waals surface area contributed by atoms with Gasteiger partial charge in [0.05, 0.1) is 12.3 Å². The van der Waals surface area contributed by atoms with Crippen molar-refractivity contribution in [3.8, 4) is 0 Å². The van der Waals surface area contributed by atoms with Crippen LogP contribution in [0.25, 0.3) is 0 Å². The van der Waals surface area contributed by atoms with Crippen LogP contribution in [0.3, 0.4) is 0 Å². The zero-order valence-electron chi connectivity index (χ0n) is 15.7. The molecule has 146 valence electrons. The number of fused-ring (bicyclic) bond motifs is 1. The minimum atomic E-state index is -3.01. The van der Waals surface area contributed by atoms with E-state index in [1.165, 1.54) is 17.5 Å². The van der Waals surface area contributed by atoms with E-state index in [2.05, 4.69) is 41.4 Å². The monoisotopic (exact) mass is 499 g/mol. The quantitative estimate of drug-likeness (QED) is 0.390. The summed E-state index contributed by atoms with van der Waals surface area (Å²) in [5.74, 6) is 0.960. The second-order valence-electron chi connectivity index (χ2n) is 6.59. The lowest BCUT2D eigenvalue weighted by Gasteiger charge is -2.22. The van der Waals surface area contributed by atoms with Gasteiger partial charge < -0.3 is 10.2 Å². The fourth-order valence-electron chi connectivity index (χ4n) is 3.16. The average Bonchev–Trinajstić information content (AvgIpc) is 3.02. The van der Waals surface area contributed by atoms with Crippen molar-refractivity contribution in [1.82, 2.24) is 5.32 Å². The number of benzene rings is 2. The molecular formula is C20H26IN3O2S. The van der Waals surface area contributed by atoms with Crippen molar-refractivity contribution in [3.63, 3.8) is 0 Å². The maximum Gasteiger partial charge on any atom is 0.198 e. The zero-order valence-corrected chi connectivity index (χ0v) is 18.8. The van der Waals surface area contributed by atoms with Gasteiger partial charge in [-0.1, -0.05) is 42.5 Å². The van der Waals surface area contributed by atoms with Crippen LogP contribution < -0.4 is 10.2 Å². The molecule has 0 atom stereocenters. The van der Waals surface area contributed by atoms with Gasteiger partial charge in [-0.25, -0.2) is 13.4 Å². The highest BCUT2D eigenvalue weighted by molar-refractivity contribution is 14.0. The van der Waals surface area contributed by atoms with Crippen molar-refractivity contribution >= 4 is 45.5 Å². The fourth-order valence-corrected chi connectivity index (χ4v) is 3.96. The maximum atomic E-state index is 11.4. The second-order valence-corrected chi connectivity index (χ2v) is 8.73. The number of aliphatic imine (C=N–C) groups is 1. The third-order valence-corrected chi connectivity index (χ3v) is 5.20. The molecule has 5 nitrogen and oxygen atoms in total. The lowest BCUT2D eigenvalue weighted by atomic mass is 10.1. The summed E-state index contributed by atoms with van der Waals surface area (Å²) in [7, 11) is -3.01. The molecule has 0 saturated heterocycles. The van der Waals surface area contributed by atoms with Crippen molar-refractivity contribution in [2.24, 2.45) is 4.99 Å². The average molecular weight is 499 g/mol. The number of guanidine groups is 1. The van der Waals surface area contributed by atoms with Crippen LogP contribution in [0.2, 0.25) is 0 Å². The van der Waals surface area contributed by atoms with Crippen molar-refractivity contribution in [1.29, 1.82) is 0 Å². The van der Waals surface area contributed by atoms with Gasteiger partial charge in [0.1, 0.15) is 0 Å². The molecule has 1 aliphatic rings. The first-order valence-corrected chi connectivity index (χ1v) is 10.9. The lowest BCUT2D eigenvalue weighted by molar-refractivity contribution is 0.601. The molecule has 0 saturated carbocycles. The van der Waals surface area contributed by atoms with Crippen LogP contribution >= 0.6 is 24.0 Å². The maximum absolute atomic E-state index is 11.4. The normalized spacial score (nSPS) is 13.9. The number of rotatable bonds is 5. The van der Waals surface area contributed by atoms with Gasteiger partial charge in [-0.3, -0.25) is 0 Å². The van der Waals surface area contributed by atoms with Crippen molar-refractivity contribution in [2.45, 2.75) is 25.6 Å². The van der Waals surface area contributed by atoms with Crippen LogP contribution in [0, 0.1) is 0 Å². The highest BCUT2D eigenvalue weighted by atomic mass is 127. The molecule has 0 aliphatic carbocycles. The van der Waals surface area contributed by atoms with Gasteiger partial charge in [-0.15, -0.1) is 24.0 Å². The molecule has 7 heteroatoms. The number of nitrogens with zero attached hydrogens (tertiary/aromatic N) is 2. The first kappa shape index (κ1) is 21.7. The van der Waals surface area contributed by atoms with Gasteiger partial charge in [0.25, 0.3) is 0 Å². The molecule has 1 heterocycles. The summed E-state index contributed by atoms with van der Waals surface area (Å²) >= 11 is 0. The van der Waals surface area contributed by atoms with E-state index >= 15 is 0 Å². The number of sulfone groups is 1. The van der Waals surface area contributed by atoms with Gasteiger partial charge in [0.15, 0.2) is 15.8 Å². The lowest BCUT2D eigenvalue weighted by Crippen LogP contribution is -2.40. The number of para-hydroxylation sites is 1. The Kier molecular flexibility index (Phi) is 7.67. The fraction of sp³-hybridized carbons (Fsp3) is 0.350. The molecule has 2 aromatic rings. The molecule has 0 unspecified atom stereocenters. The van der Waals surface area contributed by atoms with E-state index in [0.717, 1.165) is 36.6 Å². The highest BCUT2D eigenvalue weighted by Crippen LogP contribution is 2.27. The van der Waals surface area contributed by atoms with Crippen LogP contribution in [0.4, 0.5) is 5.69 Å². The number of hydrogen-bond acceptors (Lipinski definition) is 3. The summed E-state index contributed by atoms with van der Waals surface area (Å²) in [5.41, 5.74) is 4.43. The molecule has 0 spiro atoms. The SMILES string of the molecule is CCNC(=NCc1ccc(CS(C)(=O)=O)cc1)N1CCc2ccccc21.I. The zero-order chi connectivity index (χ0) is 18.6. The van der Waals surface area contributed by atoms with Crippen molar-refractivity contribution < 1.29 is 8.42 Å². The molecule has 0 radical (unpaired) electrons. The predicted octanol–water partition coefficient (Wildman–Crippen LogP) is 3.38. The summed E-state index contributed by atoms with van der Waals surface area (Å²) in [4.78, 5) is 7.02. The van der Waals surface area contributed by atoms with E-state index in [4.69, 9.17) is 4.99 Å². The number of hydrogen-bond donors (Lipinski definition) is 1. The van der Waals surface area contributed by atoms with Crippen LogP contribution in [-0.2, 0) is 28.6 Å². The highest BCUT2D eigenvalue weighted by Gasteiger charge is 2.22. The second kappa shape index (κ2) is 9.54. The third-order valence-electron chi connectivity index (χ3n) is 4.34. The number of nitrogens with one attached hydrogen (secondary N) is 1. The summed E-state index contributed by atoms with van der Waals surface area (Å²) in [6, 6.07) is 16.1. The largest absolute Gasteiger partial charge is 0.356 e. The Bertz CT molecular complexity index is 896. The van der Waals surface area contributed by atoms with E-state index in [-0.39, 0.29) is 29.7 Å². The topological polar surface area (TPSA) is 61.8 Å². The van der Waals surface area contributed by atoms with Crippen LogP contribution in [-0.4, -0.2) is 33.7 Å². The van der Waals surface area contributed by atoms with E-state index < -0.39 is 9.84 Å². The summed E-state index contributed by atoms with van der Waals surface area (Å²) in [6.45, 7) is 4.36. The Morgan fingerprint density at radius 3 is 2.44 bits per heavy atom. The Balaban J connectivity index is 0.00000261. The van der Waals surface area contributed by atoms with Crippen molar-refractivity contribution in [2.75, 3.05) is 24.2 Å². The standard InChI is InChI=1S/C20H25N3O2S.HI/c1-3-21-20(23-13-12-18-6-4-5-7-19(18)23)22-14-16-8-10-17(11-9-16)15-26(2,24)25;/h4-11H,3,12-15H2,1-2H3,(H,21,22);1H. The molecule has 0 fully saturated rings. The third kappa shape index (κ3) is 5.93. The van der Waals surface area contributed by atoms with Crippen molar-refractivity contribution in [3.05, 3.63) is 65.2 Å². The Morgan fingerprint density at radius 2 is 1.78 bits per heavy atom. The van der Waals surface area contributed by atoms with Crippen LogP contribution in [0.15, 0.2) is 53.5 Å². The minimum Gasteiger partial charge on any atom is -0.356 e. The molecule has 1 N–H and O–H groups in total. The van der Waals surface area contributed by atoms with Gasteiger partial charge in [-0.2, -0.15) is 0 Å². The molecule has 0 aromatic heterocycles. The number of anilines is 1. The van der Waals surface area contributed by atoms with Gasteiger partial charge in [0.2, 0.25) is 0 Å². The summed E-state index contributed by atoms with van der Waals surface area (Å²) in [6.07, 6.45) is 2.28. The van der Waals surface area contributed by atoms with Crippen LogP contribution in [0.1, 0.15) is 23.6 Å². The molecule has 27 heavy (non-hydrogen) atoms. The number of halogens is 1. The van der Waals surface area contributed by atoms with E-state index in [1.54, 1.807) is 0 Å². The van der Waals surface area contributed by atoms with Crippen LogP contribution in [0.5, 0.6) is 0 Å². The van der Waals surface area contributed by atoms with Gasteiger partial charge >= 0.3 is 0 Å². The van der Waals surface area contributed by atoms with E-state index in [9.17, 15) is 8.42 Å². The minimum absolute atomic E-state index is 0. The Labute approximate surface area is 178 Å². The summed E-state index contributed by atoms with van der Waals surface area (Å²) < 4.78 is 22.8. The first-order valence-electron chi connectivity index (χ1n) is 8.85. The molecule has 0 bridgehead atoms. The molecule has 3 rings (SSSR count). The Morgan fingerprint density at radius 1 is 1.11 bits per heavy atom. The van der Waals surface area contributed by atoms with Gasteiger partial charge in [-0.05, 0) is 36.1 Å². The van der Waals surface area contributed by atoms with Gasteiger partial charge in [0, 0.05) is 25.0 Å². The molecule has 2 aromatic carbocycles. The Hall–Kier alpha value is -1.61. The van der Waals surface area contributed by atoms with E-state index in [0.29, 0.717) is 6.54 Å². The van der Waals surface area contributed by atoms with E-state index in [1.807, 2.05) is 24.3 Å². The molecule has 0 amide bonds. The summed E-state index contributed by atoms with van der Waals surface area (Å²) in [5, 5.41) is 3.37. The first-order chi connectivity index (χ1) is 12.5.